The lowest BCUT2D eigenvalue weighted by molar-refractivity contribution is 0.0256. The van der Waals surface area contributed by atoms with Crippen LogP contribution in [0, 0.1) is 0 Å². The van der Waals surface area contributed by atoms with Gasteiger partial charge in [-0.15, -0.1) is 0 Å². The Balaban J connectivity index is 2.16. The molecule has 0 aliphatic carbocycles. The number of ether oxygens (including phenoxy) is 3. The topological polar surface area (TPSA) is 60.0 Å². The van der Waals surface area contributed by atoms with Crippen molar-refractivity contribution in [2.45, 2.75) is 58.1 Å². The Kier molecular flexibility index (Phi) is 9.52. The fourth-order valence-corrected chi connectivity index (χ4v) is 2.53. The number of rotatable bonds is 8. The van der Waals surface area contributed by atoms with Crippen molar-refractivity contribution in [2.24, 2.45) is 0 Å². The van der Waals surface area contributed by atoms with Crippen molar-refractivity contribution in [2.75, 3.05) is 46.6 Å². The van der Waals surface area contributed by atoms with Crippen LogP contribution in [0.2, 0.25) is 0 Å². The van der Waals surface area contributed by atoms with E-state index < -0.39 is 5.60 Å². The predicted molar refractivity (Wildman–Crippen MR) is 90.8 cm³/mol. The maximum Gasteiger partial charge on any atom is 0.410 e. The first-order valence-corrected chi connectivity index (χ1v) is 8.70. The van der Waals surface area contributed by atoms with Crippen LogP contribution in [0.3, 0.4) is 0 Å². The van der Waals surface area contributed by atoms with Crippen LogP contribution < -0.4 is 5.32 Å². The van der Waals surface area contributed by atoms with Gasteiger partial charge < -0.3 is 24.4 Å². The van der Waals surface area contributed by atoms with E-state index >= 15 is 0 Å². The van der Waals surface area contributed by atoms with Crippen LogP contribution in [0.15, 0.2) is 0 Å². The van der Waals surface area contributed by atoms with Gasteiger partial charge in [-0.25, -0.2) is 4.79 Å². The Hall–Kier alpha value is -0.850. The Morgan fingerprint density at radius 1 is 1.17 bits per heavy atom. The number of amides is 1. The monoisotopic (exact) mass is 330 g/mol. The summed E-state index contributed by atoms with van der Waals surface area (Å²) in [6, 6.07) is 0.474. The summed E-state index contributed by atoms with van der Waals surface area (Å²) in [6.45, 7) is 10.3. The molecule has 6 nitrogen and oxygen atoms in total. The van der Waals surface area contributed by atoms with Crippen LogP contribution >= 0.6 is 0 Å². The highest BCUT2D eigenvalue weighted by Gasteiger charge is 2.24. The first kappa shape index (κ1) is 20.2. The molecule has 1 N–H and O–H groups in total. The number of nitrogens with zero attached hydrogens (tertiary/aromatic N) is 1. The van der Waals surface area contributed by atoms with Crippen LogP contribution in [0.1, 0.15) is 46.5 Å². The van der Waals surface area contributed by atoms with Gasteiger partial charge in [0.1, 0.15) is 5.60 Å². The van der Waals surface area contributed by atoms with E-state index in [1.807, 2.05) is 25.7 Å². The number of nitrogens with one attached hydrogen (secondary N) is 1. The summed E-state index contributed by atoms with van der Waals surface area (Å²) in [5.41, 5.74) is -0.427. The van der Waals surface area contributed by atoms with Crippen LogP contribution in [0.5, 0.6) is 0 Å². The van der Waals surface area contributed by atoms with Gasteiger partial charge in [-0.1, -0.05) is 0 Å². The highest BCUT2D eigenvalue weighted by molar-refractivity contribution is 5.68. The third-order valence-electron chi connectivity index (χ3n) is 3.71. The third-order valence-corrected chi connectivity index (χ3v) is 3.71. The van der Waals surface area contributed by atoms with Gasteiger partial charge in [-0.3, -0.25) is 0 Å². The second-order valence-corrected chi connectivity index (χ2v) is 7.01. The second-order valence-electron chi connectivity index (χ2n) is 7.01. The lowest BCUT2D eigenvalue weighted by Gasteiger charge is -2.26. The van der Waals surface area contributed by atoms with Crippen molar-refractivity contribution < 1.29 is 19.0 Å². The van der Waals surface area contributed by atoms with Crippen molar-refractivity contribution in [3.63, 3.8) is 0 Å². The quantitative estimate of drug-likeness (QED) is 0.693. The first-order chi connectivity index (χ1) is 10.9. The number of hydrogen-bond acceptors (Lipinski definition) is 5. The molecule has 0 bridgehead atoms. The molecule has 0 radical (unpaired) electrons. The average Bonchev–Trinajstić information content (AvgIpc) is 2.70. The van der Waals surface area contributed by atoms with E-state index in [-0.39, 0.29) is 6.09 Å². The minimum atomic E-state index is -0.427. The molecule has 1 atom stereocenters. The van der Waals surface area contributed by atoms with Crippen molar-refractivity contribution in [3.8, 4) is 0 Å². The van der Waals surface area contributed by atoms with Gasteiger partial charge in [0.2, 0.25) is 0 Å². The standard InChI is InChI=1S/C17H34N2O4/c1-17(2,3)23-16(20)19-10-5-7-15(8-11-19)18-9-6-12-22-14-13-21-4/h15,18H,5-14H2,1-4H3. The molecule has 1 aliphatic rings. The van der Waals surface area contributed by atoms with Crippen molar-refractivity contribution in [3.05, 3.63) is 0 Å². The summed E-state index contributed by atoms with van der Waals surface area (Å²) in [5.74, 6) is 0. The average molecular weight is 330 g/mol. The van der Waals surface area contributed by atoms with E-state index in [0.29, 0.717) is 19.3 Å². The molecule has 6 heteroatoms. The third kappa shape index (κ3) is 9.79. The Labute approximate surface area is 140 Å². The van der Waals surface area contributed by atoms with Gasteiger partial charge in [-0.2, -0.15) is 0 Å². The Morgan fingerprint density at radius 3 is 2.65 bits per heavy atom. The molecule has 1 amide bonds. The smallest absolute Gasteiger partial charge is 0.410 e. The summed E-state index contributed by atoms with van der Waals surface area (Å²) in [4.78, 5) is 13.9. The Bertz CT molecular complexity index is 331. The molecule has 1 saturated heterocycles. The van der Waals surface area contributed by atoms with Crippen molar-refractivity contribution in [1.82, 2.24) is 10.2 Å². The van der Waals surface area contributed by atoms with E-state index in [9.17, 15) is 4.79 Å². The van der Waals surface area contributed by atoms with Crippen molar-refractivity contribution >= 4 is 6.09 Å². The Morgan fingerprint density at radius 2 is 1.96 bits per heavy atom. The summed E-state index contributed by atoms with van der Waals surface area (Å²) < 4.78 is 15.8. The lowest BCUT2D eigenvalue weighted by Crippen LogP contribution is -2.38. The van der Waals surface area contributed by atoms with Gasteiger partial charge in [0.25, 0.3) is 0 Å². The van der Waals surface area contributed by atoms with Gasteiger partial charge in [0.05, 0.1) is 13.2 Å². The maximum atomic E-state index is 12.1. The maximum absolute atomic E-state index is 12.1. The number of methoxy groups -OCH3 is 1. The zero-order valence-corrected chi connectivity index (χ0v) is 15.2. The molecule has 1 unspecified atom stereocenters. The molecule has 1 fully saturated rings. The van der Waals surface area contributed by atoms with E-state index in [1.165, 1.54) is 0 Å². The molecular formula is C17H34N2O4. The SMILES string of the molecule is COCCOCCCNC1CCCN(C(=O)OC(C)(C)C)CC1. The highest BCUT2D eigenvalue weighted by Crippen LogP contribution is 2.15. The van der Waals surface area contributed by atoms with E-state index in [2.05, 4.69) is 5.32 Å². The molecule has 0 saturated carbocycles. The molecule has 136 valence electrons. The molecule has 1 rings (SSSR count). The van der Waals surface area contributed by atoms with Crippen LogP contribution in [0.25, 0.3) is 0 Å². The van der Waals surface area contributed by atoms with Crippen LogP contribution in [0.4, 0.5) is 4.79 Å². The molecule has 1 aliphatic heterocycles. The minimum Gasteiger partial charge on any atom is -0.444 e. The van der Waals surface area contributed by atoms with E-state index in [0.717, 1.165) is 51.9 Å². The predicted octanol–water partition coefficient (Wildman–Crippen LogP) is 2.42. The molecule has 0 spiro atoms. The largest absolute Gasteiger partial charge is 0.444 e. The molecule has 23 heavy (non-hydrogen) atoms. The van der Waals surface area contributed by atoms with Gasteiger partial charge in [0, 0.05) is 32.8 Å². The summed E-state index contributed by atoms with van der Waals surface area (Å²) in [5, 5.41) is 3.57. The number of carbonyl (C=O) groups is 1. The summed E-state index contributed by atoms with van der Waals surface area (Å²) >= 11 is 0. The molecule has 0 aromatic rings. The number of carbonyl (C=O) groups excluding carboxylic acids is 1. The van der Waals surface area contributed by atoms with Gasteiger partial charge in [-0.05, 0) is 53.0 Å². The molecular weight excluding hydrogens is 296 g/mol. The normalized spacial score (nSPS) is 19.5. The summed E-state index contributed by atoms with van der Waals surface area (Å²) in [6.07, 6.45) is 3.90. The van der Waals surface area contributed by atoms with E-state index in [4.69, 9.17) is 14.2 Å². The highest BCUT2D eigenvalue weighted by atomic mass is 16.6. The van der Waals surface area contributed by atoms with Crippen LogP contribution in [-0.2, 0) is 14.2 Å². The second kappa shape index (κ2) is 10.8. The molecule has 1 heterocycles. The number of hydrogen-bond donors (Lipinski definition) is 1. The minimum absolute atomic E-state index is 0.190. The number of likely N-dealkylation sites (tertiary alicyclic amines) is 1. The van der Waals surface area contributed by atoms with Gasteiger partial charge in [0.15, 0.2) is 0 Å². The zero-order chi connectivity index (χ0) is 17.1. The zero-order valence-electron chi connectivity index (χ0n) is 15.2. The molecule has 0 aromatic heterocycles. The lowest BCUT2D eigenvalue weighted by atomic mass is 10.1. The van der Waals surface area contributed by atoms with Gasteiger partial charge >= 0.3 is 6.09 Å². The first-order valence-electron chi connectivity index (χ1n) is 8.70. The fourth-order valence-electron chi connectivity index (χ4n) is 2.53. The fraction of sp³-hybridized carbons (Fsp3) is 0.941. The van der Waals surface area contributed by atoms with Crippen LogP contribution in [-0.4, -0.2) is 69.2 Å². The van der Waals surface area contributed by atoms with E-state index in [1.54, 1.807) is 7.11 Å². The summed E-state index contributed by atoms with van der Waals surface area (Å²) in [7, 11) is 1.68. The van der Waals surface area contributed by atoms with Crippen molar-refractivity contribution in [1.29, 1.82) is 0 Å². The molecule has 0 aromatic carbocycles.